The van der Waals surface area contributed by atoms with Gasteiger partial charge in [-0.3, -0.25) is 0 Å². The Bertz CT molecular complexity index is 1190. The lowest BCUT2D eigenvalue weighted by Gasteiger charge is -2.35. The van der Waals surface area contributed by atoms with Crippen molar-refractivity contribution in [3.63, 3.8) is 0 Å². The van der Waals surface area contributed by atoms with Crippen LogP contribution in [0.4, 0.5) is 10.1 Å². The molecule has 8 nitrogen and oxygen atoms in total. The van der Waals surface area contributed by atoms with Gasteiger partial charge < -0.3 is 14.1 Å². The first kappa shape index (κ1) is 21.0. The number of anilines is 1. The fourth-order valence-corrected chi connectivity index (χ4v) is 4.84. The Labute approximate surface area is 178 Å². The number of ether oxygens (including phenoxy) is 1. The summed E-state index contributed by atoms with van der Waals surface area (Å²) in [5.74, 6) is -1.27. The van der Waals surface area contributed by atoms with E-state index in [0.717, 1.165) is 7.11 Å². The highest BCUT2D eigenvalue weighted by Crippen LogP contribution is 2.29. The minimum Gasteiger partial charge on any atom is -0.464 e. The second kappa shape index (κ2) is 8.48. The van der Waals surface area contributed by atoms with Crippen molar-refractivity contribution in [1.29, 1.82) is 0 Å². The molecule has 10 heteroatoms. The van der Waals surface area contributed by atoms with Crippen LogP contribution in [0.1, 0.15) is 10.5 Å². The maximum Gasteiger partial charge on any atom is 0.361 e. The largest absolute Gasteiger partial charge is 0.464 e. The Balaban J connectivity index is 1.62. The van der Waals surface area contributed by atoms with Gasteiger partial charge in [-0.15, -0.1) is 0 Å². The lowest BCUT2D eigenvalue weighted by Crippen LogP contribution is -2.49. The van der Waals surface area contributed by atoms with Gasteiger partial charge in [-0.2, -0.15) is 4.31 Å². The van der Waals surface area contributed by atoms with Gasteiger partial charge in [0.2, 0.25) is 11.6 Å². The zero-order valence-electron chi connectivity index (χ0n) is 16.7. The highest BCUT2D eigenvalue weighted by molar-refractivity contribution is 7.89. The first-order valence-electron chi connectivity index (χ1n) is 9.56. The number of oxazole rings is 1. The third-order valence-corrected chi connectivity index (χ3v) is 6.79. The van der Waals surface area contributed by atoms with Crippen LogP contribution >= 0.6 is 0 Å². The Morgan fingerprint density at radius 3 is 2.32 bits per heavy atom. The second-order valence-electron chi connectivity index (χ2n) is 6.86. The first-order valence-corrected chi connectivity index (χ1v) is 11.0. The number of nitrogens with zero attached hydrogens (tertiary/aromatic N) is 3. The number of halogens is 1. The van der Waals surface area contributed by atoms with Gasteiger partial charge >= 0.3 is 5.97 Å². The summed E-state index contributed by atoms with van der Waals surface area (Å²) in [4.78, 5) is 18.1. The van der Waals surface area contributed by atoms with Crippen molar-refractivity contribution >= 4 is 21.7 Å². The maximum absolute atomic E-state index is 14.1. The molecule has 0 N–H and O–H groups in total. The number of carbonyl (C=O) groups excluding carboxylic acids is 1. The van der Waals surface area contributed by atoms with Crippen LogP contribution in [0.2, 0.25) is 0 Å². The molecular formula is C21H20FN3O5S. The van der Waals surface area contributed by atoms with Crippen LogP contribution < -0.4 is 4.90 Å². The average Bonchev–Trinajstić information content (AvgIpc) is 3.26. The van der Waals surface area contributed by atoms with E-state index in [4.69, 9.17) is 9.15 Å². The van der Waals surface area contributed by atoms with E-state index in [1.165, 1.54) is 10.4 Å². The van der Waals surface area contributed by atoms with Gasteiger partial charge in [0, 0.05) is 31.7 Å². The van der Waals surface area contributed by atoms with E-state index in [2.05, 4.69) is 4.98 Å². The Morgan fingerprint density at radius 1 is 1.03 bits per heavy atom. The summed E-state index contributed by atoms with van der Waals surface area (Å²) in [6.07, 6.45) is 0. The standard InChI is InChI=1S/C21H20FN3O5S/c1-29-20(26)18-21(30-19(23-18)15-7-3-2-4-8-15)31(27,28)25-13-11-24(12-14-25)17-10-6-5-9-16(17)22/h2-10H,11-14H2,1H3. The number of hydrogen-bond donors (Lipinski definition) is 0. The average molecular weight is 445 g/mol. The lowest BCUT2D eigenvalue weighted by molar-refractivity contribution is 0.0587. The molecule has 0 atom stereocenters. The molecule has 0 radical (unpaired) electrons. The molecule has 2 heterocycles. The second-order valence-corrected chi connectivity index (χ2v) is 8.69. The van der Waals surface area contributed by atoms with Crippen molar-refractivity contribution in [3.8, 4) is 11.5 Å². The number of sulfonamides is 1. The van der Waals surface area contributed by atoms with Crippen LogP contribution in [-0.4, -0.2) is 57.0 Å². The molecule has 1 aliphatic heterocycles. The molecule has 31 heavy (non-hydrogen) atoms. The molecule has 0 aliphatic carbocycles. The van der Waals surface area contributed by atoms with Crippen LogP contribution in [0, 0.1) is 5.82 Å². The molecule has 4 rings (SSSR count). The van der Waals surface area contributed by atoms with Crippen molar-refractivity contribution in [1.82, 2.24) is 9.29 Å². The zero-order chi connectivity index (χ0) is 22.0. The first-order chi connectivity index (χ1) is 14.9. The summed E-state index contributed by atoms with van der Waals surface area (Å²) >= 11 is 0. The van der Waals surface area contributed by atoms with Crippen molar-refractivity contribution in [3.05, 3.63) is 66.1 Å². The molecule has 162 valence electrons. The van der Waals surface area contributed by atoms with Crippen molar-refractivity contribution in [2.24, 2.45) is 0 Å². The number of esters is 1. The number of para-hydroxylation sites is 1. The number of rotatable bonds is 5. The number of piperazine rings is 1. The van der Waals surface area contributed by atoms with Crippen LogP contribution in [0.5, 0.6) is 0 Å². The van der Waals surface area contributed by atoms with Gasteiger partial charge in [0.15, 0.2) is 0 Å². The van der Waals surface area contributed by atoms with Gasteiger partial charge in [-0.05, 0) is 24.3 Å². The third-order valence-electron chi connectivity index (χ3n) is 5.00. The van der Waals surface area contributed by atoms with E-state index < -0.39 is 26.8 Å². The quantitative estimate of drug-likeness (QED) is 0.558. The lowest BCUT2D eigenvalue weighted by atomic mass is 10.2. The molecule has 0 amide bonds. The summed E-state index contributed by atoms with van der Waals surface area (Å²) in [6, 6.07) is 15.0. The Hall–Kier alpha value is -3.24. The van der Waals surface area contributed by atoms with Crippen molar-refractivity contribution < 1.29 is 26.8 Å². The highest BCUT2D eigenvalue weighted by atomic mass is 32.2. The van der Waals surface area contributed by atoms with Gasteiger partial charge in [0.05, 0.1) is 12.8 Å². The zero-order valence-corrected chi connectivity index (χ0v) is 17.5. The van der Waals surface area contributed by atoms with Gasteiger partial charge in [0.1, 0.15) is 5.82 Å². The molecule has 1 aliphatic rings. The summed E-state index contributed by atoms with van der Waals surface area (Å²) < 4.78 is 52.1. The van der Waals surface area contributed by atoms with Gasteiger partial charge in [-0.25, -0.2) is 22.6 Å². The van der Waals surface area contributed by atoms with E-state index >= 15 is 0 Å². The SMILES string of the molecule is COC(=O)c1nc(-c2ccccc2)oc1S(=O)(=O)N1CCN(c2ccccc2F)CC1. The predicted molar refractivity (Wildman–Crippen MR) is 111 cm³/mol. The van der Waals surface area contributed by atoms with E-state index in [1.807, 2.05) is 0 Å². The fraction of sp³-hybridized carbons (Fsp3) is 0.238. The van der Waals surface area contributed by atoms with Crippen LogP contribution in [0.25, 0.3) is 11.5 Å². The summed E-state index contributed by atoms with van der Waals surface area (Å²) in [6.45, 7) is 0.762. The van der Waals surface area contributed by atoms with E-state index in [-0.39, 0.29) is 37.9 Å². The Kier molecular flexibility index (Phi) is 5.75. The maximum atomic E-state index is 14.1. The van der Waals surface area contributed by atoms with E-state index in [9.17, 15) is 17.6 Å². The van der Waals surface area contributed by atoms with Crippen LogP contribution in [0.15, 0.2) is 64.1 Å². The molecule has 0 saturated carbocycles. The van der Waals surface area contributed by atoms with Crippen LogP contribution in [-0.2, 0) is 14.8 Å². The molecular weight excluding hydrogens is 425 g/mol. The topological polar surface area (TPSA) is 92.9 Å². The molecule has 1 saturated heterocycles. The minimum atomic E-state index is -4.17. The number of carbonyl (C=O) groups is 1. The monoisotopic (exact) mass is 445 g/mol. The molecule has 3 aromatic rings. The number of aromatic nitrogens is 1. The molecule has 0 spiro atoms. The summed E-state index contributed by atoms with van der Waals surface area (Å²) in [7, 11) is -3.03. The normalized spacial score (nSPS) is 15.1. The number of hydrogen-bond acceptors (Lipinski definition) is 7. The molecule has 0 bridgehead atoms. The van der Waals surface area contributed by atoms with Crippen molar-refractivity contribution in [2.75, 3.05) is 38.2 Å². The molecule has 0 unspecified atom stereocenters. The smallest absolute Gasteiger partial charge is 0.361 e. The Morgan fingerprint density at radius 2 is 1.68 bits per heavy atom. The molecule has 1 aromatic heterocycles. The fourth-order valence-electron chi connectivity index (χ4n) is 3.41. The third kappa shape index (κ3) is 4.04. The summed E-state index contributed by atoms with van der Waals surface area (Å²) in [5.41, 5.74) is 0.539. The van der Waals surface area contributed by atoms with E-state index in [1.54, 1.807) is 53.4 Å². The van der Waals surface area contributed by atoms with Gasteiger partial charge in [0.25, 0.3) is 15.1 Å². The van der Waals surface area contributed by atoms with Gasteiger partial charge in [-0.1, -0.05) is 30.3 Å². The highest BCUT2D eigenvalue weighted by Gasteiger charge is 2.37. The molecule has 1 fully saturated rings. The predicted octanol–water partition coefficient (Wildman–Crippen LogP) is 2.78. The summed E-state index contributed by atoms with van der Waals surface area (Å²) in [5, 5.41) is -0.558. The molecule has 2 aromatic carbocycles. The van der Waals surface area contributed by atoms with Crippen molar-refractivity contribution in [2.45, 2.75) is 5.09 Å². The number of benzene rings is 2. The number of methoxy groups -OCH3 is 1. The van der Waals surface area contributed by atoms with Crippen LogP contribution in [0.3, 0.4) is 0 Å². The van der Waals surface area contributed by atoms with E-state index in [0.29, 0.717) is 11.3 Å². The minimum absolute atomic E-state index is 0.00423.